The highest BCUT2D eigenvalue weighted by atomic mass is 16.5. The molecule has 0 saturated carbocycles. The number of nitrogens with zero attached hydrogens (tertiary/aromatic N) is 3. The summed E-state index contributed by atoms with van der Waals surface area (Å²) in [6, 6.07) is 16.8. The largest absolute Gasteiger partial charge is 0.449 e. The third kappa shape index (κ3) is 5.28. The minimum atomic E-state index is -0.884. The molecule has 150 valence electrons. The molecule has 0 aliphatic heterocycles. The van der Waals surface area contributed by atoms with E-state index in [0.29, 0.717) is 12.1 Å². The number of nitrogens with one attached hydrogen (secondary N) is 1. The van der Waals surface area contributed by atoms with Crippen LogP contribution in [0.2, 0.25) is 0 Å². The highest BCUT2D eigenvalue weighted by Gasteiger charge is 2.20. The highest BCUT2D eigenvalue weighted by molar-refractivity contribution is 5.92. The number of carbonyl (C=O) groups excluding carboxylic acids is 2. The Kier molecular flexibility index (Phi) is 6.73. The van der Waals surface area contributed by atoms with Crippen molar-refractivity contribution in [3.8, 4) is 5.69 Å². The van der Waals surface area contributed by atoms with Gasteiger partial charge in [0.15, 0.2) is 6.10 Å². The molecule has 1 amide bonds. The summed E-state index contributed by atoms with van der Waals surface area (Å²) in [5.41, 5.74) is 2.31. The minimum Gasteiger partial charge on any atom is -0.449 e. The van der Waals surface area contributed by atoms with Crippen molar-refractivity contribution in [1.29, 1.82) is 0 Å². The van der Waals surface area contributed by atoms with Gasteiger partial charge in [0.2, 0.25) is 0 Å². The van der Waals surface area contributed by atoms with E-state index in [2.05, 4.69) is 22.3 Å². The predicted octanol–water partition coefficient (Wildman–Crippen LogP) is 3.12. The van der Waals surface area contributed by atoms with Crippen LogP contribution in [0.15, 0.2) is 67.3 Å². The van der Waals surface area contributed by atoms with E-state index in [9.17, 15) is 9.59 Å². The molecule has 0 saturated heterocycles. The zero-order chi connectivity index (χ0) is 20.6. The number of carbonyl (C=O) groups is 2. The van der Waals surface area contributed by atoms with E-state index in [1.54, 1.807) is 42.2 Å². The monoisotopic (exact) mass is 392 g/mol. The second-order valence-electron chi connectivity index (χ2n) is 6.70. The summed E-state index contributed by atoms with van der Waals surface area (Å²) in [7, 11) is 0. The Bertz CT molecular complexity index is 924. The summed E-state index contributed by atoms with van der Waals surface area (Å²) < 4.78 is 6.90. The molecule has 0 radical (unpaired) electrons. The normalized spacial score (nSPS) is 12.8. The summed E-state index contributed by atoms with van der Waals surface area (Å²) in [4.78, 5) is 28.6. The van der Waals surface area contributed by atoms with Gasteiger partial charge in [-0.2, -0.15) is 5.10 Å². The van der Waals surface area contributed by atoms with Crippen molar-refractivity contribution in [2.75, 3.05) is 6.54 Å². The zero-order valence-corrected chi connectivity index (χ0v) is 16.5. The predicted molar refractivity (Wildman–Crippen MR) is 109 cm³/mol. The Balaban J connectivity index is 1.53. The first-order valence-corrected chi connectivity index (χ1v) is 9.57. The van der Waals surface area contributed by atoms with E-state index >= 15 is 0 Å². The van der Waals surface area contributed by atoms with Gasteiger partial charge in [-0.3, -0.25) is 4.79 Å². The standard InChI is InChI=1S/C22H24N4O3/c1-3-17(18-7-5-4-6-8-18)13-24-21(27)16(2)29-22(28)19-9-11-20(12-10-19)26-15-23-14-25-26/h4-12,14-17H,3,13H2,1-2H3,(H,24,27)/t16-,17-/m1/s1. The van der Waals surface area contributed by atoms with Gasteiger partial charge in [0.25, 0.3) is 5.91 Å². The highest BCUT2D eigenvalue weighted by Crippen LogP contribution is 2.18. The first kappa shape index (κ1) is 20.3. The molecule has 2 aromatic carbocycles. The quantitative estimate of drug-likeness (QED) is 0.595. The fourth-order valence-corrected chi connectivity index (χ4v) is 2.96. The number of hydrogen-bond acceptors (Lipinski definition) is 5. The lowest BCUT2D eigenvalue weighted by molar-refractivity contribution is -0.129. The van der Waals surface area contributed by atoms with E-state index in [1.807, 2.05) is 30.3 Å². The minimum absolute atomic E-state index is 0.215. The number of amides is 1. The topological polar surface area (TPSA) is 86.1 Å². The number of hydrogen-bond donors (Lipinski definition) is 1. The van der Waals surface area contributed by atoms with Gasteiger partial charge in [0.1, 0.15) is 12.7 Å². The number of ether oxygens (including phenoxy) is 1. The first-order chi connectivity index (χ1) is 14.1. The second-order valence-corrected chi connectivity index (χ2v) is 6.70. The van der Waals surface area contributed by atoms with Gasteiger partial charge in [-0.15, -0.1) is 0 Å². The van der Waals surface area contributed by atoms with E-state index in [1.165, 1.54) is 11.9 Å². The molecule has 29 heavy (non-hydrogen) atoms. The lowest BCUT2D eigenvalue weighted by Crippen LogP contribution is -2.38. The Labute approximate surface area is 169 Å². The van der Waals surface area contributed by atoms with Gasteiger partial charge in [-0.1, -0.05) is 37.3 Å². The van der Waals surface area contributed by atoms with Crippen molar-refractivity contribution in [1.82, 2.24) is 20.1 Å². The molecule has 3 aromatic rings. The number of esters is 1. The maximum absolute atomic E-state index is 12.4. The van der Waals surface area contributed by atoms with Crippen molar-refractivity contribution < 1.29 is 14.3 Å². The van der Waals surface area contributed by atoms with Crippen molar-refractivity contribution >= 4 is 11.9 Å². The van der Waals surface area contributed by atoms with Crippen LogP contribution in [0, 0.1) is 0 Å². The van der Waals surface area contributed by atoms with Crippen LogP contribution in [0.1, 0.15) is 42.1 Å². The molecule has 0 aliphatic carbocycles. The van der Waals surface area contributed by atoms with Crippen LogP contribution in [-0.4, -0.2) is 39.3 Å². The van der Waals surface area contributed by atoms with Crippen LogP contribution < -0.4 is 5.32 Å². The Morgan fingerprint density at radius 2 is 1.83 bits per heavy atom. The van der Waals surface area contributed by atoms with Crippen LogP contribution in [0.25, 0.3) is 5.69 Å². The van der Waals surface area contributed by atoms with Crippen molar-refractivity contribution in [2.24, 2.45) is 0 Å². The zero-order valence-electron chi connectivity index (χ0n) is 16.5. The average Bonchev–Trinajstić information content (AvgIpc) is 3.30. The van der Waals surface area contributed by atoms with E-state index in [0.717, 1.165) is 12.1 Å². The molecule has 7 nitrogen and oxygen atoms in total. The van der Waals surface area contributed by atoms with Gasteiger partial charge >= 0.3 is 5.97 Å². The van der Waals surface area contributed by atoms with E-state index in [4.69, 9.17) is 4.74 Å². The molecule has 0 bridgehead atoms. The molecule has 1 heterocycles. The van der Waals surface area contributed by atoms with Crippen LogP contribution in [0.5, 0.6) is 0 Å². The van der Waals surface area contributed by atoms with Gasteiger partial charge in [-0.05, 0) is 43.2 Å². The Hall–Kier alpha value is -3.48. The summed E-state index contributed by atoms with van der Waals surface area (Å²) in [6.07, 6.45) is 3.02. The van der Waals surface area contributed by atoms with Crippen LogP contribution in [-0.2, 0) is 9.53 Å². The molecule has 1 aromatic heterocycles. The summed E-state index contributed by atoms with van der Waals surface area (Å²) in [5, 5.41) is 6.91. The van der Waals surface area contributed by atoms with Gasteiger partial charge in [-0.25, -0.2) is 14.5 Å². The molecule has 2 atom stereocenters. The summed E-state index contributed by atoms with van der Waals surface area (Å²) in [6.45, 7) is 4.14. The molecule has 7 heteroatoms. The number of benzene rings is 2. The average molecular weight is 392 g/mol. The first-order valence-electron chi connectivity index (χ1n) is 9.57. The summed E-state index contributed by atoms with van der Waals surface area (Å²) >= 11 is 0. The molecule has 1 N–H and O–H groups in total. The molecule has 0 fully saturated rings. The lowest BCUT2D eigenvalue weighted by Gasteiger charge is -2.18. The fraction of sp³-hybridized carbons (Fsp3) is 0.273. The SMILES string of the molecule is CC[C@H](CNC(=O)[C@@H](C)OC(=O)c1ccc(-n2cncn2)cc1)c1ccccc1. The molecular formula is C22H24N4O3. The van der Waals surface area contributed by atoms with E-state index < -0.39 is 12.1 Å². The van der Waals surface area contributed by atoms with Crippen molar-refractivity contribution in [2.45, 2.75) is 32.3 Å². The van der Waals surface area contributed by atoms with Crippen molar-refractivity contribution in [3.05, 3.63) is 78.4 Å². The molecule has 0 aliphatic rings. The summed E-state index contributed by atoms with van der Waals surface area (Å²) in [5.74, 6) is -0.646. The second kappa shape index (κ2) is 9.64. The van der Waals surface area contributed by atoms with E-state index in [-0.39, 0.29) is 11.8 Å². The van der Waals surface area contributed by atoms with Gasteiger partial charge < -0.3 is 10.1 Å². The lowest BCUT2D eigenvalue weighted by atomic mass is 9.96. The van der Waals surface area contributed by atoms with Crippen LogP contribution >= 0.6 is 0 Å². The van der Waals surface area contributed by atoms with Gasteiger partial charge in [0, 0.05) is 12.5 Å². The van der Waals surface area contributed by atoms with Crippen molar-refractivity contribution in [3.63, 3.8) is 0 Å². The number of rotatable bonds is 8. The molecule has 0 spiro atoms. The smallest absolute Gasteiger partial charge is 0.338 e. The molecule has 3 rings (SSSR count). The molecular weight excluding hydrogens is 368 g/mol. The Morgan fingerprint density at radius 1 is 1.10 bits per heavy atom. The third-order valence-electron chi connectivity index (χ3n) is 4.73. The fourth-order valence-electron chi connectivity index (χ4n) is 2.96. The maximum atomic E-state index is 12.4. The van der Waals surface area contributed by atoms with Gasteiger partial charge in [0.05, 0.1) is 11.3 Å². The third-order valence-corrected chi connectivity index (χ3v) is 4.73. The van der Waals surface area contributed by atoms with Crippen LogP contribution in [0.3, 0.4) is 0 Å². The molecule has 0 unspecified atom stereocenters. The maximum Gasteiger partial charge on any atom is 0.338 e. The Morgan fingerprint density at radius 3 is 2.45 bits per heavy atom. The number of aromatic nitrogens is 3. The van der Waals surface area contributed by atoms with Crippen LogP contribution in [0.4, 0.5) is 0 Å².